The van der Waals surface area contributed by atoms with Crippen LogP contribution < -0.4 is 0 Å². The second-order valence-electron chi connectivity index (χ2n) is 6.49. The average Bonchev–Trinajstić information content (AvgIpc) is 3.18. The first-order chi connectivity index (χ1) is 11.2. The number of aromatic nitrogens is 2. The Kier molecular flexibility index (Phi) is 5.08. The highest BCUT2D eigenvalue weighted by atomic mass is 19.1. The number of nitrogens with zero attached hydrogens (tertiary/aromatic N) is 3. The van der Waals surface area contributed by atoms with Crippen molar-refractivity contribution in [1.82, 2.24) is 20.0 Å². The maximum Gasteiger partial charge on any atom is 0.132 e. The summed E-state index contributed by atoms with van der Waals surface area (Å²) < 4.78 is 14.0. The molecule has 3 rings (SSSR count). The molecule has 1 fully saturated rings. The summed E-state index contributed by atoms with van der Waals surface area (Å²) >= 11 is 0. The number of hydrogen-bond donors (Lipinski definition) is 1. The number of H-pyrrole nitrogens is 1. The standard InChI is InChI=1S/C18H25FN4/c1-3-22(2)11-14-8-9-23(12-14)13-15-10-20-21-18(15)16-6-4-5-7-17(16)19/h4-7,10,14H,3,8-9,11-13H2,1-2H3,(H,20,21)/t14-/m0/s1. The van der Waals surface area contributed by atoms with E-state index in [1.165, 1.54) is 12.5 Å². The molecule has 0 aliphatic carbocycles. The van der Waals surface area contributed by atoms with Gasteiger partial charge in [-0.25, -0.2) is 4.39 Å². The highest BCUT2D eigenvalue weighted by Crippen LogP contribution is 2.26. The number of aromatic amines is 1. The summed E-state index contributed by atoms with van der Waals surface area (Å²) in [6.07, 6.45) is 3.06. The van der Waals surface area contributed by atoms with E-state index in [1.807, 2.05) is 12.3 Å². The van der Waals surface area contributed by atoms with Crippen molar-refractivity contribution in [2.45, 2.75) is 19.9 Å². The second-order valence-corrected chi connectivity index (χ2v) is 6.49. The van der Waals surface area contributed by atoms with Crippen LogP contribution in [0, 0.1) is 11.7 Å². The lowest BCUT2D eigenvalue weighted by atomic mass is 10.1. The van der Waals surface area contributed by atoms with Gasteiger partial charge in [0.05, 0.1) is 11.9 Å². The van der Waals surface area contributed by atoms with Crippen LogP contribution in [0.15, 0.2) is 30.5 Å². The first kappa shape index (κ1) is 16.1. The third-order valence-corrected chi connectivity index (χ3v) is 4.73. The lowest BCUT2D eigenvalue weighted by Gasteiger charge is -2.20. The third-order valence-electron chi connectivity index (χ3n) is 4.73. The van der Waals surface area contributed by atoms with Crippen LogP contribution in [0.5, 0.6) is 0 Å². The predicted molar refractivity (Wildman–Crippen MR) is 90.5 cm³/mol. The summed E-state index contributed by atoms with van der Waals surface area (Å²) in [6.45, 7) is 7.47. The fourth-order valence-electron chi connectivity index (χ4n) is 3.34. The average molecular weight is 316 g/mol. The molecule has 1 atom stereocenters. The van der Waals surface area contributed by atoms with E-state index in [-0.39, 0.29) is 5.82 Å². The molecule has 0 spiro atoms. The zero-order valence-electron chi connectivity index (χ0n) is 13.9. The third kappa shape index (κ3) is 3.79. The van der Waals surface area contributed by atoms with Gasteiger partial charge < -0.3 is 4.90 Å². The van der Waals surface area contributed by atoms with Crippen molar-refractivity contribution in [3.63, 3.8) is 0 Å². The second kappa shape index (κ2) is 7.23. The van der Waals surface area contributed by atoms with Gasteiger partial charge in [0.25, 0.3) is 0 Å². The van der Waals surface area contributed by atoms with Crippen LogP contribution in [0.3, 0.4) is 0 Å². The molecular weight excluding hydrogens is 291 g/mol. The quantitative estimate of drug-likeness (QED) is 0.890. The number of halogens is 1. The van der Waals surface area contributed by atoms with Crippen LogP contribution in [-0.4, -0.2) is 53.2 Å². The molecule has 0 unspecified atom stereocenters. The van der Waals surface area contributed by atoms with Crippen LogP contribution in [0.2, 0.25) is 0 Å². The van der Waals surface area contributed by atoms with Gasteiger partial charge in [-0.2, -0.15) is 5.10 Å². The highest BCUT2D eigenvalue weighted by Gasteiger charge is 2.24. The maximum atomic E-state index is 14.0. The van der Waals surface area contributed by atoms with E-state index in [4.69, 9.17) is 0 Å². The number of benzene rings is 1. The normalized spacial score (nSPS) is 18.9. The number of rotatable bonds is 6. The molecule has 1 aromatic heterocycles. The van der Waals surface area contributed by atoms with Crippen molar-refractivity contribution in [2.75, 3.05) is 33.2 Å². The van der Waals surface area contributed by atoms with Crippen LogP contribution in [0.25, 0.3) is 11.3 Å². The molecular formula is C18H25FN4. The molecule has 1 aromatic carbocycles. The van der Waals surface area contributed by atoms with Crippen molar-refractivity contribution < 1.29 is 4.39 Å². The van der Waals surface area contributed by atoms with E-state index < -0.39 is 0 Å². The van der Waals surface area contributed by atoms with Crippen LogP contribution in [0.4, 0.5) is 4.39 Å². The number of hydrogen-bond acceptors (Lipinski definition) is 3. The number of likely N-dealkylation sites (tertiary alicyclic amines) is 1. The van der Waals surface area contributed by atoms with E-state index in [0.29, 0.717) is 5.56 Å². The van der Waals surface area contributed by atoms with E-state index in [0.717, 1.165) is 49.9 Å². The van der Waals surface area contributed by atoms with Crippen LogP contribution in [0.1, 0.15) is 18.9 Å². The van der Waals surface area contributed by atoms with E-state index in [1.54, 1.807) is 12.1 Å². The molecule has 0 saturated carbocycles. The first-order valence-corrected chi connectivity index (χ1v) is 8.35. The monoisotopic (exact) mass is 316 g/mol. The molecule has 2 heterocycles. The van der Waals surface area contributed by atoms with Gasteiger partial charge in [-0.3, -0.25) is 10.00 Å². The molecule has 4 nitrogen and oxygen atoms in total. The smallest absolute Gasteiger partial charge is 0.132 e. The Morgan fingerprint density at radius 3 is 3.00 bits per heavy atom. The van der Waals surface area contributed by atoms with Gasteiger partial charge in [0.1, 0.15) is 5.82 Å². The Balaban J connectivity index is 1.66. The van der Waals surface area contributed by atoms with Crippen molar-refractivity contribution >= 4 is 0 Å². The minimum atomic E-state index is -0.207. The van der Waals surface area contributed by atoms with Gasteiger partial charge in [-0.15, -0.1) is 0 Å². The topological polar surface area (TPSA) is 35.2 Å². The Hall–Kier alpha value is -1.72. The summed E-state index contributed by atoms with van der Waals surface area (Å²) in [5.41, 5.74) is 2.47. The lowest BCUT2D eigenvalue weighted by Crippen LogP contribution is -2.28. The molecule has 1 aliphatic rings. The van der Waals surface area contributed by atoms with Crippen molar-refractivity contribution in [3.8, 4) is 11.3 Å². The molecule has 23 heavy (non-hydrogen) atoms. The summed E-state index contributed by atoms with van der Waals surface area (Å²) in [6, 6.07) is 6.86. The fraction of sp³-hybridized carbons (Fsp3) is 0.500. The summed E-state index contributed by atoms with van der Waals surface area (Å²) in [5, 5.41) is 7.10. The minimum Gasteiger partial charge on any atom is -0.306 e. The van der Waals surface area contributed by atoms with Crippen molar-refractivity contribution in [1.29, 1.82) is 0 Å². The van der Waals surface area contributed by atoms with Crippen LogP contribution >= 0.6 is 0 Å². The predicted octanol–water partition coefficient (Wildman–Crippen LogP) is 2.99. The summed E-state index contributed by atoms with van der Waals surface area (Å²) in [7, 11) is 2.18. The molecule has 0 radical (unpaired) electrons. The Labute approximate surface area is 137 Å². The highest BCUT2D eigenvalue weighted by molar-refractivity contribution is 5.63. The van der Waals surface area contributed by atoms with Crippen molar-refractivity contribution in [3.05, 3.63) is 41.8 Å². The maximum absolute atomic E-state index is 14.0. The summed E-state index contributed by atoms with van der Waals surface area (Å²) in [5.74, 6) is 0.519. The first-order valence-electron chi connectivity index (χ1n) is 8.35. The molecule has 5 heteroatoms. The molecule has 1 saturated heterocycles. The van der Waals surface area contributed by atoms with Gasteiger partial charge in [-0.05, 0) is 44.6 Å². The molecule has 0 amide bonds. The van der Waals surface area contributed by atoms with Gasteiger partial charge in [0.15, 0.2) is 0 Å². The summed E-state index contributed by atoms with van der Waals surface area (Å²) in [4.78, 5) is 4.82. The molecule has 1 N–H and O–H groups in total. The Morgan fingerprint density at radius 2 is 2.22 bits per heavy atom. The lowest BCUT2D eigenvalue weighted by molar-refractivity contribution is 0.268. The van der Waals surface area contributed by atoms with Crippen LogP contribution in [-0.2, 0) is 6.54 Å². The fourth-order valence-corrected chi connectivity index (χ4v) is 3.34. The Morgan fingerprint density at radius 1 is 1.39 bits per heavy atom. The van der Waals surface area contributed by atoms with E-state index >= 15 is 0 Å². The zero-order valence-corrected chi connectivity index (χ0v) is 13.9. The SMILES string of the molecule is CCN(C)C[C@@H]1CCN(Cc2cn[nH]c2-c2ccccc2F)C1. The van der Waals surface area contributed by atoms with Crippen molar-refractivity contribution in [2.24, 2.45) is 5.92 Å². The van der Waals surface area contributed by atoms with Gasteiger partial charge in [0.2, 0.25) is 0 Å². The van der Waals surface area contributed by atoms with Gasteiger partial charge in [-0.1, -0.05) is 19.1 Å². The number of nitrogens with one attached hydrogen (secondary N) is 1. The zero-order chi connectivity index (χ0) is 16.2. The van der Waals surface area contributed by atoms with Gasteiger partial charge >= 0.3 is 0 Å². The molecule has 0 bridgehead atoms. The van der Waals surface area contributed by atoms with E-state index in [2.05, 4.69) is 34.0 Å². The molecule has 1 aliphatic heterocycles. The minimum absolute atomic E-state index is 0.207. The van der Waals surface area contributed by atoms with E-state index in [9.17, 15) is 4.39 Å². The van der Waals surface area contributed by atoms with Gasteiger partial charge in [0, 0.05) is 30.8 Å². The molecule has 2 aromatic rings. The molecule has 124 valence electrons. The Bertz CT molecular complexity index is 639. The largest absolute Gasteiger partial charge is 0.306 e.